The monoisotopic (exact) mass is 178 g/mol. The van der Waals surface area contributed by atoms with Crippen LogP contribution in [0.4, 0.5) is 0 Å². The van der Waals surface area contributed by atoms with Gasteiger partial charge in [-0.2, -0.15) is 0 Å². The number of allylic oxidation sites excluding steroid dienone is 4. The lowest BCUT2D eigenvalue weighted by atomic mass is 9.80. The number of rotatable bonds is 0. The summed E-state index contributed by atoms with van der Waals surface area (Å²) in [6.07, 6.45) is 4.09. The topological polar surface area (TPSA) is 37.3 Å². The third kappa shape index (κ3) is 1.30. The fourth-order valence-electron chi connectivity index (χ4n) is 2.19. The average molecular weight is 178 g/mol. The van der Waals surface area contributed by atoms with Crippen LogP contribution in [0.1, 0.15) is 39.0 Å². The molecule has 0 aromatic rings. The molecule has 2 rings (SSSR count). The molecule has 1 fully saturated rings. The lowest BCUT2D eigenvalue weighted by Crippen LogP contribution is -2.18. The van der Waals surface area contributed by atoms with Crippen molar-refractivity contribution in [3.8, 4) is 0 Å². The Bertz CT molecular complexity index is 321. The lowest BCUT2D eigenvalue weighted by Gasteiger charge is -2.25. The van der Waals surface area contributed by atoms with Crippen LogP contribution in [0.25, 0.3) is 0 Å². The van der Waals surface area contributed by atoms with Gasteiger partial charge in [-0.15, -0.1) is 0 Å². The zero-order valence-corrected chi connectivity index (χ0v) is 7.89. The van der Waals surface area contributed by atoms with E-state index in [0.29, 0.717) is 24.2 Å². The molecule has 13 heavy (non-hydrogen) atoms. The van der Waals surface area contributed by atoms with E-state index in [4.69, 9.17) is 0 Å². The summed E-state index contributed by atoms with van der Waals surface area (Å²) in [4.78, 5) is 11.5. The normalized spacial score (nSPS) is 23.6. The van der Waals surface area contributed by atoms with Crippen LogP contribution in [0.3, 0.4) is 0 Å². The van der Waals surface area contributed by atoms with Crippen molar-refractivity contribution >= 4 is 5.78 Å². The zero-order chi connectivity index (χ0) is 9.42. The molecule has 0 spiro atoms. The van der Waals surface area contributed by atoms with E-state index in [2.05, 4.69) is 6.92 Å². The molecule has 0 aromatic heterocycles. The summed E-state index contributed by atoms with van der Waals surface area (Å²) < 4.78 is 0. The molecule has 2 nitrogen and oxygen atoms in total. The van der Waals surface area contributed by atoms with Crippen LogP contribution in [-0.2, 0) is 4.79 Å². The maximum absolute atomic E-state index is 11.5. The minimum absolute atomic E-state index is 0.137. The molecule has 70 valence electrons. The molecule has 0 amide bonds. The highest BCUT2D eigenvalue weighted by Gasteiger charge is 2.27. The van der Waals surface area contributed by atoms with Gasteiger partial charge < -0.3 is 5.11 Å². The van der Waals surface area contributed by atoms with Crippen molar-refractivity contribution < 1.29 is 9.90 Å². The molecular weight excluding hydrogens is 164 g/mol. The number of carbonyl (C=O) groups is 1. The minimum Gasteiger partial charge on any atom is -0.512 e. The number of fused-ring (bicyclic) bond motifs is 1. The van der Waals surface area contributed by atoms with Gasteiger partial charge in [-0.1, -0.05) is 5.57 Å². The Balaban J connectivity index is 2.49. The predicted octanol–water partition coefficient (Wildman–Crippen LogP) is 2.66. The first-order valence-corrected chi connectivity index (χ1v) is 4.84. The van der Waals surface area contributed by atoms with E-state index < -0.39 is 0 Å². The Morgan fingerprint density at radius 3 is 2.62 bits per heavy atom. The molecular formula is C11H14O2. The van der Waals surface area contributed by atoms with Crippen molar-refractivity contribution in [1.29, 1.82) is 0 Å². The number of ketones is 1. The Morgan fingerprint density at radius 2 is 1.92 bits per heavy atom. The lowest BCUT2D eigenvalue weighted by molar-refractivity contribution is -0.116. The molecule has 0 heterocycles. The van der Waals surface area contributed by atoms with Crippen LogP contribution < -0.4 is 0 Å². The van der Waals surface area contributed by atoms with Gasteiger partial charge in [0.2, 0.25) is 0 Å². The first kappa shape index (κ1) is 8.54. The van der Waals surface area contributed by atoms with Crippen LogP contribution in [0.2, 0.25) is 0 Å². The standard InChI is InChI=1S/C11H14O2/c1-7-5-6-10(13)11-8(7)3-2-4-9(11)12/h13H,2-6H2,1H3. The van der Waals surface area contributed by atoms with Gasteiger partial charge in [0.05, 0.1) is 5.57 Å². The van der Waals surface area contributed by atoms with Crippen molar-refractivity contribution in [2.24, 2.45) is 0 Å². The largest absolute Gasteiger partial charge is 0.512 e. The van der Waals surface area contributed by atoms with Crippen molar-refractivity contribution in [3.63, 3.8) is 0 Å². The first-order valence-electron chi connectivity index (χ1n) is 4.84. The second-order valence-corrected chi connectivity index (χ2v) is 3.86. The van der Waals surface area contributed by atoms with Crippen molar-refractivity contribution in [2.45, 2.75) is 39.0 Å². The number of hydrogen-bond acceptors (Lipinski definition) is 2. The maximum Gasteiger partial charge on any atom is 0.166 e. The van der Waals surface area contributed by atoms with E-state index >= 15 is 0 Å². The van der Waals surface area contributed by atoms with E-state index in [9.17, 15) is 9.90 Å². The molecule has 2 aliphatic rings. The summed E-state index contributed by atoms with van der Waals surface area (Å²) in [7, 11) is 0. The average Bonchev–Trinajstić information content (AvgIpc) is 2.12. The molecule has 0 aliphatic heterocycles. The van der Waals surface area contributed by atoms with Crippen LogP contribution in [0.15, 0.2) is 22.5 Å². The van der Waals surface area contributed by atoms with Gasteiger partial charge in [-0.25, -0.2) is 0 Å². The van der Waals surface area contributed by atoms with Crippen molar-refractivity contribution in [1.82, 2.24) is 0 Å². The fourth-order valence-corrected chi connectivity index (χ4v) is 2.19. The summed E-state index contributed by atoms with van der Waals surface area (Å²) in [5.41, 5.74) is 3.07. The summed E-state index contributed by atoms with van der Waals surface area (Å²) >= 11 is 0. The van der Waals surface area contributed by atoms with Gasteiger partial charge in [-0.3, -0.25) is 4.79 Å². The number of aliphatic hydroxyl groups is 1. The fraction of sp³-hybridized carbons (Fsp3) is 0.545. The predicted molar refractivity (Wildman–Crippen MR) is 50.4 cm³/mol. The number of carbonyl (C=O) groups excluding carboxylic acids is 1. The highest BCUT2D eigenvalue weighted by atomic mass is 16.3. The van der Waals surface area contributed by atoms with Crippen LogP contribution in [0.5, 0.6) is 0 Å². The Labute approximate surface area is 78.0 Å². The zero-order valence-electron chi connectivity index (χ0n) is 7.89. The third-order valence-corrected chi connectivity index (χ3v) is 2.95. The highest BCUT2D eigenvalue weighted by Crippen LogP contribution is 2.36. The third-order valence-electron chi connectivity index (χ3n) is 2.95. The smallest absolute Gasteiger partial charge is 0.166 e. The Morgan fingerprint density at radius 1 is 1.15 bits per heavy atom. The number of hydrogen-bond donors (Lipinski definition) is 1. The molecule has 0 unspecified atom stereocenters. The van der Waals surface area contributed by atoms with Crippen molar-refractivity contribution in [3.05, 3.63) is 22.5 Å². The van der Waals surface area contributed by atoms with Gasteiger partial charge in [0.25, 0.3) is 0 Å². The summed E-state index contributed by atoms with van der Waals surface area (Å²) in [5, 5.41) is 9.62. The number of Topliss-reactive ketones (excluding diaryl/α,β-unsaturated/α-hetero) is 1. The Kier molecular flexibility index (Phi) is 1.98. The second-order valence-electron chi connectivity index (χ2n) is 3.86. The SMILES string of the molecule is CC1=C2CCCC(=O)C2=C(O)CC1. The molecule has 0 saturated heterocycles. The van der Waals surface area contributed by atoms with E-state index in [1.807, 2.05) is 0 Å². The van der Waals surface area contributed by atoms with E-state index in [0.717, 1.165) is 24.8 Å². The van der Waals surface area contributed by atoms with Crippen molar-refractivity contribution in [2.75, 3.05) is 0 Å². The van der Waals surface area contributed by atoms with Crippen LogP contribution in [0, 0.1) is 0 Å². The van der Waals surface area contributed by atoms with E-state index in [1.165, 1.54) is 5.57 Å². The molecule has 0 aromatic carbocycles. The molecule has 0 atom stereocenters. The summed E-state index contributed by atoms with van der Waals surface area (Å²) in [6, 6.07) is 0. The van der Waals surface area contributed by atoms with Gasteiger partial charge in [0.1, 0.15) is 5.76 Å². The van der Waals surface area contributed by atoms with Gasteiger partial charge in [-0.05, 0) is 31.8 Å². The van der Waals surface area contributed by atoms with Crippen LogP contribution >= 0.6 is 0 Å². The van der Waals surface area contributed by atoms with E-state index in [1.54, 1.807) is 0 Å². The number of aliphatic hydroxyl groups excluding tert-OH is 1. The van der Waals surface area contributed by atoms with E-state index in [-0.39, 0.29) is 5.78 Å². The minimum atomic E-state index is 0.137. The quantitative estimate of drug-likeness (QED) is 0.619. The maximum atomic E-state index is 11.5. The molecule has 1 N–H and O–H groups in total. The Hall–Kier alpha value is -1.05. The molecule has 0 radical (unpaired) electrons. The summed E-state index contributed by atoms with van der Waals surface area (Å²) in [6.45, 7) is 2.07. The van der Waals surface area contributed by atoms with Gasteiger partial charge >= 0.3 is 0 Å². The molecule has 0 bridgehead atoms. The van der Waals surface area contributed by atoms with Crippen LogP contribution in [-0.4, -0.2) is 10.9 Å². The van der Waals surface area contributed by atoms with Gasteiger partial charge in [0.15, 0.2) is 5.78 Å². The summed E-state index contributed by atoms with van der Waals surface area (Å²) in [5.74, 6) is 0.461. The molecule has 2 heteroatoms. The van der Waals surface area contributed by atoms with Gasteiger partial charge in [0, 0.05) is 12.8 Å². The highest BCUT2D eigenvalue weighted by molar-refractivity contribution is 6.01. The molecule has 1 saturated carbocycles. The second kappa shape index (κ2) is 3.02. The first-order chi connectivity index (χ1) is 6.20. The molecule has 2 aliphatic carbocycles.